The molecule has 0 heterocycles. The lowest BCUT2D eigenvalue weighted by Gasteiger charge is -2.01. The molecule has 0 bridgehead atoms. The molecule has 0 amide bonds. The van der Waals surface area contributed by atoms with E-state index in [1.165, 1.54) is 0 Å². The van der Waals surface area contributed by atoms with Crippen molar-refractivity contribution in [2.75, 3.05) is 14.1 Å². The van der Waals surface area contributed by atoms with Crippen molar-refractivity contribution in [2.24, 2.45) is 4.99 Å². The molecule has 0 aliphatic heterocycles. The van der Waals surface area contributed by atoms with Gasteiger partial charge in [-0.25, -0.2) is 0 Å². The summed E-state index contributed by atoms with van der Waals surface area (Å²) in [4.78, 5) is 4.19. The summed E-state index contributed by atoms with van der Waals surface area (Å²) in [6.45, 7) is 3.98. The predicted octanol–water partition coefficient (Wildman–Crippen LogP) is 2.31. The van der Waals surface area contributed by atoms with Gasteiger partial charge in [0.25, 0.3) is 0 Å². The Morgan fingerprint density at radius 3 is 2.15 bits per heavy atom. The Morgan fingerprint density at radius 2 is 1.77 bits per heavy atom. The number of nitrogens with zero attached hydrogens (tertiary/aromatic N) is 1. The van der Waals surface area contributed by atoms with Crippen LogP contribution in [0.25, 0.3) is 0 Å². The molecular formula is C11H18N2. The van der Waals surface area contributed by atoms with Crippen molar-refractivity contribution in [1.82, 2.24) is 5.32 Å². The van der Waals surface area contributed by atoms with Gasteiger partial charge in [0.15, 0.2) is 0 Å². The zero-order valence-electron chi connectivity index (χ0n) is 8.83. The van der Waals surface area contributed by atoms with Crippen molar-refractivity contribution in [3.63, 3.8) is 0 Å². The van der Waals surface area contributed by atoms with E-state index < -0.39 is 0 Å². The molecule has 2 nitrogen and oxygen atoms in total. The van der Waals surface area contributed by atoms with Crippen LogP contribution in [0.4, 0.5) is 0 Å². The highest BCUT2D eigenvalue weighted by molar-refractivity contribution is 6.10. The van der Waals surface area contributed by atoms with Gasteiger partial charge in [0, 0.05) is 25.9 Å². The first-order valence-electron chi connectivity index (χ1n) is 4.40. The van der Waals surface area contributed by atoms with Gasteiger partial charge in [-0.1, -0.05) is 18.2 Å². The van der Waals surface area contributed by atoms with Crippen LogP contribution in [0.15, 0.2) is 41.1 Å². The molecule has 1 N–H and O–H groups in total. The molecule has 0 rings (SSSR count). The van der Waals surface area contributed by atoms with Crippen molar-refractivity contribution in [2.45, 2.75) is 13.8 Å². The zero-order chi connectivity index (χ0) is 10.1. The molecule has 0 saturated carbocycles. The Bertz CT molecular complexity index is 245. The quantitative estimate of drug-likeness (QED) is 0.518. The first-order valence-corrected chi connectivity index (χ1v) is 4.40. The molecule has 0 radical (unpaired) electrons. The third-order valence-electron chi connectivity index (χ3n) is 1.51. The van der Waals surface area contributed by atoms with Crippen molar-refractivity contribution < 1.29 is 0 Å². The molecule has 0 aromatic heterocycles. The van der Waals surface area contributed by atoms with Gasteiger partial charge < -0.3 is 5.32 Å². The van der Waals surface area contributed by atoms with E-state index >= 15 is 0 Å². The third-order valence-corrected chi connectivity index (χ3v) is 1.51. The number of hydrogen-bond donors (Lipinski definition) is 1. The van der Waals surface area contributed by atoms with Gasteiger partial charge >= 0.3 is 0 Å². The van der Waals surface area contributed by atoms with Crippen LogP contribution in [-0.2, 0) is 0 Å². The number of hydrogen-bond acceptors (Lipinski definition) is 2. The van der Waals surface area contributed by atoms with Gasteiger partial charge in [-0.15, -0.1) is 0 Å². The van der Waals surface area contributed by atoms with Crippen molar-refractivity contribution in [1.29, 1.82) is 0 Å². The van der Waals surface area contributed by atoms with Crippen molar-refractivity contribution in [3.8, 4) is 0 Å². The number of nitrogens with one attached hydrogen (secondary N) is 1. The number of aliphatic imine (C=N–C) groups is 1. The van der Waals surface area contributed by atoms with Gasteiger partial charge in [0.2, 0.25) is 0 Å². The minimum Gasteiger partial charge on any atom is -0.393 e. The Kier molecular flexibility index (Phi) is 6.60. The maximum atomic E-state index is 4.19. The van der Waals surface area contributed by atoms with Crippen LogP contribution in [0, 0.1) is 0 Å². The summed E-state index contributed by atoms with van der Waals surface area (Å²) in [5, 5.41) is 3.00. The highest BCUT2D eigenvalue weighted by Gasteiger charge is 1.96. The fourth-order valence-corrected chi connectivity index (χ4v) is 1.00. The fourth-order valence-electron chi connectivity index (χ4n) is 1.00. The van der Waals surface area contributed by atoms with Gasteiger partial charge in [0.05, 0.1) is 5.71 Å². The molecule has 0 unspecified atom stereocenters. The van der Waals surface area contributed by atoms with E-state index in [1.54, 1.807) is 7.05 Å². The molecule has 0 saturated heterocycles. The lowest BCUT2D eigenvalue weighted by molar-refractivity contribution is 1.10. The van der Waals surface area contributed by atoms with Crippen LogP contribution in [0.5, 0.6) is 0 Å². The average molecular weight is 178 g/mol. The van der Waals surface area contributed by atoms with Gasteiger partial charge in [-0.05, 0) is 19.9 Å². The van der Waals surface area contributed by atoms with Crippen molar-refractivity contribution in [3.05, 3.63) is 36.1 Å². The molecule has 13 heavy (non-hydrogen) atoms. The molecule has 0 spiro atoms. The minimum atomic E-state index is 0.981. The van der Waals surface area contributed by atoms with Gasteiger partial charge in [-0.2, -0.15) is 0 Å². The molecule has 72 valence electrons. The second-order valence-corrected chi connectivity index (χ2v) is 2.50. The van der Waals surface area contributed by atoms with E-state index in [1.807, 2.05) is 51.4 Å². The summed E-state index contributed by atoms with van der Waals surface area (Å²) in [5.74, 6) is 0. The lowest BCUT2D eigenvalue weighted by atomic mass is 10.1. The normalized spacial score (nSPS) is 14.5. The van der Waals surface area contributed by atoms with E-state index in [0.717, 1.165) is 11.3 Å². The molecule has 0 aliphatic rings. The molecular weight excluding hydrogens is 160 g/mol. The third kappa shape index (κ3) is 4.31. The molecule has 0 fully saturated rings. The Balaban J connectivity index is 4.81. The van der Waals surface area contributed by atoms with Crippen LogP contribution in [0.2, 0.25) is 0 Å². The maximum Gasteiger partial charge on any atom is 0.0654 e. The lowest BCUT2D eigenvalue weighted by Crippen LogP contribution is -2.03. The second-order valence-electron chi connectivity index (χ2n) is 2.50. The summed E-state index contributed by atoms with van der Waals surface area (Å²) in [6, 6.07) is 0. The minimum absolute atomic E-state index is 0.981. The van der Waals surface area contributed by atoms with Crippen LogP contribution >= 0.6 is 0 Å². The van der Waals surface area contributed by atoms with E-state index in [0.29, 0.717) is 0 Å². The van der Waals surface area contributed by atoms with Crippen LogP contribution in [0.1, 0.15) is 13.8 Å². The standard InChI is InChI=1S/C11H18N2/c1-5-7-10(9-12-3)11(13-4)8-6-2/h5-9,12H,1-4H3/b7-5-,8-6-,10-9-,13-11+. The van der Waals surface area contributed by atoms with E-state index in [9.17, 15) is 0 Å². The molecule has 0 aromatic rings. The molecule has 0 aromatic carbocycles. The summed E-state index contributed by atoms with van der Waals surface area (Å²) in [7, 11) is 3.68. The summed E-state index contributed by atoms with van der Waals surface area (Å²) < 4.78 is 0. The number of rotatable bonds is 4. The fraction of sp³-hybridized carbons (Fsp3) is 0.364. The highest BCUT2D eigenvalue weighted by atomic mass is 14.8. The first kappa shape index (κ1) is 11.7. The highest BCUT2D eigenvalue weighted by Crippen LogP contribution is 2.01. The molecule has 0 atom stereocenters. The van der Waals surface area contributed by atoms with Crippen LogP contribution in [-0.4, -0.2) is 19.8 Å². The Hall–Kier alpha value is -1.31. The second kappa shape index (κ2) is 7.35. The van der Waals surface area contributed by atoms with Gasteiger partial charge in [0.1, 0.15) is 0 Å². The van der Waals surface area contributed by atoms with Crippen LogP contribution in [0.3, 0.4) is 0 Å². The average Bonchev–Trinajstić information content (AvgIpc) is 2.14. The van der Waals surface area contributed by atoms with Crippen LogP contribution < -0.4 is 5.32 Å². The first-order chi connectivity index (χ1) is 6.29. The largest absolute Gasteiger partial charge is 0.393 e. The Labute approximate surface area is 80.8 Å². The summed E-state index contributed by atoms with van der Waals surface area (Å²) >= 11 is 0. The zero-order valence-corrected chi connectivity index (χ0v) is 8.83. The van der Waals surface area contributed by atoms with E-state index in [2.05, 4.69) is 10.3 Å². The summed E-state index contributed by atoms with van der Waals surface area (Å²) in [5.41, 5.74) is 2.07. The smallest absolute Gasteiger partial charge is 0.0654 e. The van der Waals surface area contributed by atoms with E-state index in [4.69, 9.17) is 0 Å². The number of allylic oxidation sites excluding steroid dienone is 5. The SMILES string of the molecule is C\C=C/C(=C/NC)C(/C=C\C)=N/C. The molecule has 0 aliphatic carbocycles. The topological polar surface area (TPSA) is 24.4 Å². The summed E-state index contributed by atoms with van der Waals surface area (Å²) in [6.07, 6.45) is 9.93. The van der Waals surface area contributed by atoms with Crippen molar-refractivity contribution >= 4 is 5.71 Å². The van der Waals surface area contributed by atoms with Gasteiger partial charge in [-0.3, -0.25) is 4.99 Å². The van der Waals surface area contributed by atoms with E-state index in [-0.39, 0.29) is 0 Å². The molecule has 2 heteroatoms. The monoisotopic (exact) mass is 178 g/mol. The predicted molar refractivity (Wildman–Crippen MR) is 60.1 cm³/mol. The Morgan fingerprint density at radius 1 is 1.15 bits per heavy atom. The maximum absolute atomic E-state index is 4.19.